The van der Waals surface area contributed by atoms with Crippen LogP contribution in [0.4, 0.5) is 0 Å². The lowest BCUT2D eigenvalue weighted by molar-refractivity contribution is -0.129. The number of hydrogen-bond acceptors (Lipinski definition) is 2. The summed E-state index contributed by atoms with van der Waals surface area (Å²) in [6.07, 6.45) is 45.4. The molecule has 0 spiro atoms. The third kappa shape index (κ3) is 36.5. The Labute approximate surface area is 269 Å². The zero-order chi connectivity index (χ0) is 31.3. The van der Waals surface area contributed by atoms with Crippen molar-refractivity contribution in [2.45, 2.75) is 200 Å². The zero-order valence-corrected chi connectivity index (χ0v) is 29.0. The second-order valence-electron chi connectivity index (χ2n) is 12.8. The van der Waals surface area contributed by atoms with Gasteiger partial charge in [-0.1, -0.05) is 154 Å². The van der Waals surface area contributed by atoms with Gasteiger partial charge in [0.15, 0.2) is 0 Å². The lowest BCUT2D eigenvalue weighted by Crippen LogP contribution is -2.32. The maximum atomic E-state index is 12.0. The minimum absolute atomic E-state index is 0.0429. The van der Waals surface area contributed by atoms with Crippen LogP contribution in [0, 0.1) is 0 Å². The number of carbonyl (C=O) groups excluding carboxylic acids is 2. The van der Waals surface area contributed by atoms with E-state index in [4.69, 9.17) is 0 Å². The molecule has 0 aromatic rings. The highest BCUT2D eigenvalue weighted by Crippen LogP contribution is 2.11. The molecular formula is C39H74N2O2. The fourth-order valence-corrected chi connectivity index (χ4v) is 5.47. The van der Waals surface area contributed by atoms with Crippen molar-refractivity contribution in [1.82, 2.24) is 10.6 Å². The molecule has 0 aromatic carbocycles. The SMILES string of the molecule is CCCCCCCC/C=C\CCCCCCCCNC(=O)CC(=O)NCCCCCCCC/C=C\CCCCCCCC. The second-order valence-corrected chi connectivity index (χ2v) is 12.8. The highest BCUT2D eigenvalue weighted by atomic mass is 16.2. The maximum absolute atomic E-state index is 12.0. The van der Waals surface area contributed by atoms with E-state index < -0.39 is 0 Å². The summed E-state index contributed by atoms with van der Waals surface area (Å²) in [6.45, 7) is 5.91. The molecule has 0 aliphatic heterocycles. The van der Waals surface area contributed by atoms with Gasteiger partial charge in [0.05, 0.1) is 0 Å². The van der Waals surface area contributed by atoms with E-state index in [0.717, 1.165) is 25.7 Å². The van der Waals surface area contributed by atoms with Crippen LogP contribution >= 0.6 is 0 Å². The predicted octanol–water partition coefficient (Wildman–Crippen LogP) is 11.7. The van der Waals surface area contributed by atoms with Crippen molar-refractivity contribution in [2.24, 2.45) is 0 Å². The fourth-order valence-electron chi connectivity index (χ4n) is 5.47. The van der Waals surface area contributed by atoms with Crippen molar-refractivity contribution in [3.05, 3.63) is 24.3 Å². The van der Waals surface area contributed by atoms with Crippen LogP contribution in [0.2, 0.25) is 0 Å². The third-order valence-corrected chi connectivity index (χ3v) is 8.34. The Morgan fingerprint density at radius 3 is 0.930 bits per heavy atom. The van der Waals surface area contributed by atoms with E-state index in [1.807, 2.05) is 0 Å². The smallest absolute Gasteiger partial charge is 0.229 e. The molecular weight excluding hydrogens is 528 g/mol. The molecule has 0 fully saturated rings. The maximum Gasteiger partial charge on any atom is 0.229 e. The molecule has 2 N–H and O–H groups in total. The molecule has 0 unspecified atom stereocenters. The van der Waals surface area contributed by atoms with Gasteiger partial charge in [-0.15, -0.1) is 0 Å². The van der Waals surface area contributed by atoms with Crippen molar-refractivity contribution in [1.29, 1.82) is 0 Å². The fraction of sp³-hybridized carbons (Fsp3) is 0.846. The number of hydrogen-bond donors (Lipinski definition) is 2. The highest BCUT2D eigenvalue weighted by molar-refractivity contribution is 5.96. The molecule has 4 nitrogen and oxygen atoms in total. The van der Waals surface area contributed by atoms with Gasteiger partial charge < -0.3 is 10.6 Å². The molecule has 0 atom stereocenters. The Morgan fingerprint density at radius 1 is 0.372 bits per heavy atom. The zero-order valence-electron chi connectivity index (χ0n) is 29.0. The van der Waals surface area contributed by atoms with Crippen LogP contribution in [0.5, 0.6) is 0 Å². The van der Waals surface area contributed by atoms with Crippen LogP contribution in [-0.4, -0.2) is 24.9 Å². The van der Waals surface area contributed by atoms with E-state index in [0.29, 0.717) is 13.1 Å². The quantitative estimate of drug-likeness (QED) is 0.0437. The van der Waals surface area contributed by atoms with Gasteiger partial charge in [-0.3, -0.25) is 9.59 Å². The average molecular weight is 603 g/mol. The van der Waals surface area contributed by atoms with Gasteiger partial charge in [-0.2, -0.15) is 0 Å². The Bertz CT molecular complexity index is 589. The van der Waals surface area contributed by atoms with Crippen molar-refractivity contribution in [2.75, 3.05) is 13.1 Å². The molecule has 252 valence electrons. The summed E-state index contributed by atoms with van der Waals surface area (Å²) >= 11 is 0. The number of unbranched alkanes of at least 4 members (excludes halogenated alkanes) is 24. The topological polar surface area (TPSA) is 58.2 Å². The number of amides is 2. The number of allylic oxidation sites excluding steroid dienone is 4. The summed E-state index contributed by atoms with van der Waals surface area (Å²) < 4.78 is 0. The van der Waals surface area contributed by atoms with Gasteiger partial charge in [0.2, 0.25) is 11.8 Å². The van der Waals surface area contributed by atoms with E-state index in [1.165, 1.54) is 154 Å². The average Bonchev–Trinajstić information content (AvgIpc) is 3.00. The van der Waals surface area contributed by atoms with Crippen LogP contribution in [0.25, 0.3) is 0 Å². The first kappa shape index (κ1) is 41.4. The first-order valence-corrected chi connectivity index (χ1v) is 19.0. The summed E-state index contributed by atoms with van der Waals surface area (Å²) in [5.74, 6) is -0.294. The Balaban J connectivity index is 3.34. The third-order valence-electron chi connectivity index (χ3n) is 8.34. The highest BCUT2D eigenvalue weighted by Gasteiger charge is 2.08. The number of carbonyl (C=O) groups is 2. The second kappa shape index (κ2) is 36.6. The van der Waals surface area contributed by atoms with Crippen molar-refractivity contribution < 1.29 is 9.59 Å². The summed E-state index contributed by atoms with van der Waals surface area (Å²) in [5, 5.41) is 5.82. The normalized spacial score (nSPS) is 11.6. The van der Waals surface area contributed by atoms with E-state index in [2.05, 4.69) is 48.8 Å². The molecule has 0 aliphatic rings. The first-order chi connectivity index (χ1) is 21.2. The standard InChI is InChI=1S/C39H74N2O2/c1-3-5-7-9-11-13-15-17-19-21-23-25-27-29-31-33-35-40-38(42)37-39(43)41-36-34-32-30-28-26-24-22-20-18-16-14-12-10-8-6-4-2/h17-20H,3-16,21-37H2,1-2H3,(H,40,42)(H,41,43)/b19-17-,20-18-. The minimum atomic E-state index is -0.147. The molecule has 0 aromatic heterocycles. The van der Waals surface area contributed by atoms with Crippen molar-refractivity contribution in [3.8, 4) is 0 Å². The van der Waals surface area contributed by atoms with E-state index in [9.17, 15) is 9.59 Å². The number of nitrogens with one attached hydrogen (secondary N) is 2. The first-order valence-electron chi connectivity index (χ1n) is 19.0. The summed E-state index contributed by atoms with van der Waals surface area (Å²) in [7, 11) is 0. The molecule has 2 amide bonds. The van der Waals surface area contributed by atoms with Crippen LogP contribution in [0.1, 0.15) is 200 Å². The largest absolute Gasteiger partial charge is 0.356 e. The molecule has 43 heavy (non-hydrogen) atoms. The molecule has 0 saturated heterocycles. The lowest BCUT2D eigenvalue weighted by Gasteiger charge is -2.07. The molecule has 0 radical (unpaired) electrons. The van der Waals surface area contributed by atoms with Crippen LogP contribution in [0.15, 0.2) is 24.3 Å². The lowest BCUT2D eigenvalue weighted by atomic mass is 10.1. The van der Waals surface area contributed by atoms with Gasteiger partial charge in [0, 0.05) is 13.1 Å². The molecule has 0 aliphatic carbocycles. The van der Waals surface area contributed by atoms with Crippen LogP contribution in [-0.2, 0) is 9.59 Å². The summed E-state index contributed by atoms with van der Waals surface area (Å²) in [4.78, 5) is 24.0. The minimum Gasteiger partial charge on any atom is -0.356 e. The number of rotatable bonds is 34. The Kier molecular flexibility index (Phi) is 35.3. The van der Waals surface area contributed by atoms with E-state index in [1.54, 1.807) is 0 Å². The van der Waals surface area contributed by atoms with Gasteiger partial charge in [-0.05, 0) is 64.2 Å². The van der Waals surface area contributed by atoms with E-state index >= 15 is 0 Å². The van der Waals surface area contributed by atoms with Crippen molar-refractivity contribution >= 4 is 11.8 Å². The molecule has 0 saturated carbocycles. The monoisotopic (exact) mass is 603 g/mol. The van der Waals surface area contributed by atoms with Gasteiger partial charge >= 0.3 is 0 Å². The van der Waals surface area contributed by atoms with Crippen LogP contribution < -0.4 is 10.6 Å². The van der Waals surface area contributed by atoms with Crippen molar-refractivity contribution in [3.63, 3.8) is 0 Å². The summed E-state index contributed by atoms with van der Waals surface area (Å²) in [5.41, 5.74) is 0. The van der Waals surface area contributed by atoms with Gasteiger partial charge in [0.1, 0.15) is 6.42 Å². The summed E-state index contributed by atoms with van der Waals surface area (Å²) in [6, 6.07) is 0. The Morgan fingerprint density at radius 2 is 0.628 bits per heavy atom. The van der Waals surface area contributed by atoms with Crippen LogP contribution in [0.3, 0.4) is 0 Å². The molecule has 0 rings (SSSR count). The van der Waals surface area contributed by atoms with Gasteiger partial charge in [-0.25, -0.2) is 0 Å². The Hall–Kier alpha value is -1.58. The van der Waals surface area contributed by atoms with Gasteiger partial charge in [0.25, 0.3) is 0 Å². The van der Waals surface area contributed by atoms with E-state index in [-0.39, 0.29) is 18.2 Å². The molecule has 4 heteroatoms. The predicted molar refractivity (Wildman–Crippen MR) is 190 cm³/mol. The molecule has 0 bridgehead atoms. The molecule has 0 heterocycles.